The molecule has 3 aromatic heterocycles. The highest BCUT2D eigenvalue weighted by Gasteiger charge is 2.12. The van der Waals surface area contributed by atoms with Gasteiger partial charge in [0.25, 0.3) is 0 Å². The number of benzene rings is 1. The maximum absolute atomic E-state index is 12.1. The third kappa shape index (κ3) is 5.41. The molecule has 0 aliphatic carbocycles. The van der Waals surface area contributed by atoms with Crippen LogP contribution in [-0.2, 0) is 11.2 Å². The smallest absolute Gasteiger partial charge is 0.234 e. The highest BCUT2D eigenvalue weighted by atomic mass is 35.5. The predicted molar refractivity (Wildman–Crippen MR) is 113 cm³/mol. The molecule has 0 atom stereocenters. The minimum atomic E-state index is -0.104. The first-order valence-corrected chi connectivity index (χ1v) is 10.8. The summed E-state index contributed by atoms with van der Waals surface area (Å²) in [5.41, 5.74) is 2.37. The van der Waals surface area contributed by atoms with Crippen LogP contribution < -0.4 is 5.32 Å². The van der Waals surface area contributed by atoms with Crippen LogP contribution in [0.1, 0.15) is 11.6 Å². The molecule has 0 aliphatic rings. The zero-order valence-electron chi connectivity index (χ0n) is 14.9. The number of nitrogens with zero attached hydrogens (tertiary/aromatic N) is 4. The fourth-order valence-corrected chi connectivity index (χ4v) is 4.16. The van der Waals surface area contributed by atoms with Gasteiger partial charge in [0, 0.05) is 34.0 Å². The Labute approximate surface area is 179 Å². The topological polar surface area (TPSA) is 93.8 Å². The summed E-state index contributed by atoms with van der Waals surface area (Å²) in [4.78, 5) is 25.0. The summed E-state index contributed by atoms with van der Waals surface area (Å²) in [6.45, 7) is 0. The van der Waals surface area contributed by atoms with Crippen LogP contribution in [0.3, 0.4) is 0 Å². The quantitative estimate of drug-likeness (QED) is 0.418. The molecule has 10 heteroatoms. The minimum Gasteiger partial charge on any atom is -0.339 e. The van der Waals surface area contributed by atoms with E-state index in [2.05, 4.69) is 25.4 Å². The van der Waals surface area contributed by atoms with Gasteiger partial charge in [0.1, 0.15) is 0 Å². The molecule has 1 aromatic carbocycles. The number of nitrogens with one attached hydrogen (secondary N) is 1. The van der Waals surface area contributed by atoms with Gasteiger partial charge in [0.05, 0.1) is 17.9 Å². The average Bonchev–Trinajstić information content (AvgIpc) is 3.39. The molecule has 146 valence electrons. The third-order valence-electron chi connectivity index (χ3n) is 3.72. The second-order valence-electron chi connectivity index (χ2n) is 5.87. The van der Waals surface area contributed by atoms with Crippen LogP contribution in [0.25, 0.3) is 11.4 Å². The number of thioether (sulfide) groups is 1. The Hall–Kier alpha value is -2.75. The Balaban J connectivity index is 1.30. The Bertz CT molecular complexity index is 1100. The van der Waals surface area contributed by atoms with Crippen molar-refractivity contribution in [2.75, 3.05) is 11.1 Å². The van der Waals surface area contributed by atoms with Crippen molar-refractivity contribution in [2.24, 2.45) is 0 Å². The van der Waals surface area contributed by atoms with Gasteiger partial charge in [-0.2, -0.15) is 4.98 Å². The molecule has 0 bridgehead atoms. The maximum Gasteiger partial charge on any atom is 0.234 e. The Morgan fingerprint density at radius 2 is 1.93 bits per heavy atom. The van der Waals surface area contributed by atoms with Crippen LogP contribution in [0.2, 0.25) is 5.02 Å². The molecule has 0 saturated heterocycles. The standard InChI is InChI=1S/C19H14ClN5O2S2/c20-13-1-3-14(4-2-13)22-16(26)11-29-19-23-15(10-28-19)9-17-24-18(25-27-17)12-5-7-21-8-6-12/h1-8,10H,9,11H2,(H,22,26). The molecule has 0 fully saturated rings. The Kier molecular flexibility index (Phi) is 6.18. The third-order valence-corrected chi connectivity index (χ3v) is 6.05. The number of carbonyl (C=O) groups is 1. The molecule has 0 spiro atoms. The van der Waals surface area contributed by atoms with Crippen molar-refractivity contribution in [1.29, 1.82) is 0 Å². The minimum absolute atomic E-state index is 0.104. The second-order valence-corrected chi connectivity index (χ2v) is 8.39. The molecule has 29 heavy (non-hydrogen) atoms. The summed E-state index contributed by atoms with van der Waals surface area (Å²) in [7, 11) is 0. The van der Waals surface area contributed by atoms with Crippen LogP contribution >= 0.6 is 34.7 Å². The lowest BCUT2D eigenvalue weighted by atomic mass is 10.2. The zero-order valence-corrected chi connectivity index (χ0v) is 17.3. The number of hydrogen-bond donors (Lipinski definition) is 1. The molecule has 0 aliphatic heterocycles. The first-order valence-electron chi connectivity index (χ1n) is 8.51. The lowest BCUT2D eigenvalue weighted by Crippen LogP contribution is -2.13. The van der Waals surface area contributed by atoms with E-state index < -0.39 is 0 Å². The molecule has 0 saturated carbocycles. The SMILES string of the molecule is O=C(CSc1nc(Cc2nc(-c3ccncc3)no2)cs1)Nc1ccc(Cl)cc1. The molecule has 7 nitrogen and oxygen atoms in total. The largest absolute Gasteiger partial charge is 0.339 e. The van der Waals surface area contributed by atoms with E-state index in [0.29, 0.717) is 28.8 Å². The van der Waals surface area contributed by atoms with E-state index in [9.17, 15) is 4.79 Å². The summed E-state index contributed by atoms with van der Waals surface area (Å²) in [5.74, 6) is 1.17. The van der Waals surface area contributed by atoms with E-state index >= 15 is 0 Å². The lowest BCUT2D eigenvalue weighted by Gasteiger charge is -2.03. The van der Waals surface area contributed by atoms with E-state index in [1.54, 1.807) is 36.7 Å². The fourth-order valence-electron chi connectivity index (χ4n) is 2.39. The Morgan fingerprint density at radius 3 is 2.72 bits per heavy atom. The number of amides is 1. The number of pyridine rings is 1. The molecule has 4 rings (SSSR count). The number of anilines is 1. The molecule has 1 N–H and O–H groups in total. The summed E-state index contributed by atoms with van der Waals surface area (Å²) >= 11 is 8.70. The summed E-state index contributed by atoms with van der Waals surface area (Å²) in [6.07, 6.45) is 3.79. The maximum atomic E-state index is 12.1. The number of aromatic nitrogens is 4. The van der Waals surface area contributed by atoms with E-state index in [1.165, 1.54) is 23.1 Å². The lowest BCUT2D eigenvalue weighted by molar-refractivity contribution is -0.113. The van der Waals surface area contributed by atoms with E-state index in [4.69, 9.17) is 16.1 Å². The van der Waals surface area contributed by atoms with Crippen LogP contribution in [0.15, 0.2) is 63.0 Å². The monoisotopic (exact) mass is 443 g/mol. The normalized spacial score (nSPS) is 10.8. The van der Waals surface area contributed by atoms with Gasteiger partial charge in [-0.05, 0) is 36.4 Å². The van der Waals surface area contributed by atoms with Crippen molar-refractivity contribution in [3.63, 3.8) is 0 Å². The molecule has 0 unspecified atom stereocenters. The first-order chi connectivity index (χ1) is 14.2. The number of hydrogen-bond acceptors (Lipinski definition) is 8. The van der Waals surface area contributed by atoms with Gasteiger partial charge in [0.15, 0.2) is 4.34 Å². The van der Waals surface area contributed by atoms with Crippen molar-refractivity contribution < 1.29 is 9.32 Å². The van der Waals surface area contributed by atoms with Gasteiger partial charge >= 0.3 is 0 Å². The van der Waals surface area contributed by atoms with Crippen molar-refractivity contribution in [3.05, 3.63) is 70.8 Å². The molecular weight excluding hydrogens is 430 g/mol. The molecule has 0 radical (unpaired) electrons. The highest BCUT2D eigenvalue weighted by Crippen LogP contribution is 2.24. The number of carbonyl (C=O) groups excluding carboxylic acids is 1. The van der Waals surface area contributed by atoms with Crippen LogP contribution in [0.4, 0.5) is 5.69 Å². The molecular formula is C19H14ClN5O2S2. The van der Waals surface area contributed by atoms with E-state index in [-0.39, 0.29) is 11.7 Å². The van der Waals surface area contributed by atoms with Crippen LogP contribution in [0.5, 0.6) is 0 Å². The summed E-state index contributed by atoms with van der Waals surface area (Å²) in [5, 5.41) is 9.37. The average molecular weight is 444 g/mol. The summed E-state index contributed by atoms with van der Waals surface area (Å²) < 4.78 is 6.11. The predicted octanol–water partition coefficient (Wildman–Crippen LogP) is 4.56. The van der Waals surface area contributed by atoms with Crippen molar-refractivity contribution >= 4 is 46.3 Å². The number of halogens is 1. The van der Waals surface area contributed by atoms with Crippen molar-refractivity contribution in [3.8, 4) is 11.4 Å². The molecule has 3 heterocycles. The van der Waals surface area contributed by atoms with Crippen LogP contribution in [0, 0.1) is 0 Å². The molecule has 1 amide bonds. The number of thiazole rings is 1. The second kappa shape index (κ2) is 9.17. The van der Waals surface area contributed by atoms with Crippen molar-refractivity contribution in [2.45, 2.75) is 10.8 Å². The summed E-state index contributed by atoms with van der Waals surface area (Å²) in [6, 6.07) is 10.6. The van der Waals surface area contributed by atoms with E-state index in [0.717, 1.165) is 15.6 Å². The zero-order chi connectivity index (χ0) is 20.1. The van der Waals surface area contributed by atoms with Crippen LogP contribution in [-0.4, -0.2) is 31.8 Å². The molecule has 4 aromatic rings. The van der Waals surface area contributed by atoms with Gasteiger partial charge in [-0.25, -0.2) is 4.98 Å². The van der Waals surface area contributed by atoms with Gasteiger partial charge in [-0.3, -0.25) is 9.78 Å². The van der Waals surface area contributed by atoms with Gasteiger partial charge in [-0.15, -0.1) is 11.3 Å². The van der Waals surface area contributed by atoms with Gasteiger partial charge in [0.2, 0.25) is 17.6 Å². The van der Waals surface area contributed by atoms with E-state index in [1.807, 2.05) is 17.5 Å². The number of rotatable bonds is 7. The highest BCUT2D eigenvalue weighted by molar-refractivity contribution is 8.01. The Morgan fingerprint density at radius 1 is 1.14 bits per heavy atom. The van der Waals surface area contributed by atoms with Gasteiger partial charge in [-0.1, -0.05) is 28.5 Å². The van der Waals surface area contributed by atoms with Gasteiger partial charge < -0.3 is 9.84 Å². The first kappa shape index (κ1) is 19.6. The van der Waals surface area contributed by atoms with Crippen molar-refractivity contribution in [1.82, 2.24) is 20.1 Å². The fraction of sp³-hybridized carbons (Fsp3) is 0.105.